The first-order chi connectivity index (χ1) is 11.9. The van der Waals surface area contributed by atoms with E-state index in [4.69, 9.17) is 11.6 Å². The Balaban J connectivity index is 1.93. The molecule has 132 valence electrons. The Hall–Kier alpha value is -1.80. The summed E-state index contributed by atoms with van der Waals surface area (Å²) in [7, 11) is 0. The standard InChI is InChI=1S/C16H14ClF3N4S/c17-13-14-21-10(11-5-4-8-25-11)9-12(16(18,19)20)24(14)22-15(13)23-6-2-1-3-7-23/h4-5,8-9H,1-3,6-7H2. The molecule has 25 heavy (non-hydrogen) atoms. The minimum atomic E-state index is -4.55. The fourth-order valence-electron chi connectivity index (χ4n) is 3.04. The molecule has 0 bridgehead atoms. The molecule has 0 N–H and O–H groups in total. The molecule has 1 aliphatic heterocycles. The van der Waals surface area contributed by atoms with Crippen LogP contribution in [0, 0.1) is 0 Å². The average molecular weight is 387 g/mol. The highest BCUT2D eigenvalue weighted by Crippen LogP contribution is 2.37. The summed E-state index contributed by atoms with van der Waals surface area (Å²) in [5.74, 6) is 0.377. The van der Waals surface area contributed by atoms with E-state index in [1.54, 1.807) is 17.5 Å². The van der Waals surface area contributed by atoms with Gasteiger partial charge < -0.3 is 4.90 Å². The predicted octanol–water partition coefficient (Wildman–Crippen LogP) is 5.12. The van der Waals surface area contributed by atoms with Crippen LogP contribution in [-0.4, -0.2) is 27.7 Å². The summed E-state index contributed by atoms with van der Waals surface area (Å²) in [6.07, 6.45) is -1.49. The number of alkyl halides is 3. The number of halogens is 4. The number of rotatable bonds is 2. The topological polar surface area (TPSA) is 33.4 Å². The van der Waals surface area contributed by atoms with E-state index < -0.39 is 11.9 Å². The summed E-state index contributed by atoms with van der Waals surface area (Å²) in [6, 6.07) is 4.54. The molecule has 0 atom stereocenters. The summed E-state index contributed by atoms with van der Waals surface area (Å²) in [6.45, 7) is 1.48. The van der Waals surface area contributed by atoms with Crippen molar-refractivity contribution in [3.05, 3.63) is 34.3 Å². The lowest BCUT2D eigenvalue weighted by Crippen LogP contribution is -2.30. The Morgan fingerprint density at radius 1 is 1.16 bits per heavy atom. The molecule has 0 amide bonds. The van der Waals surface area contributed by atoms with Crippen molar-refractivity contribution in [1.82, 2.24) is 14.6 Å². The van der Waals surface area contributed by atoms with Gasteiger partial charge in [0.1, 0.15) is 5.02 Å². The summed E-state index contributed by atoms with van der Waals surface area (Å²) < 4.78 is 41.6. The molecule has 4 nitrogen and oxygen atoms in total. The van der Waals surface area contributed by atoms with Crippen molar-refractivity contribution in [2.75, 3.05) is 18.0 Å². The zero-order valence-electron chi connectivity index (χ0n) is 13.1. The number of nitrogens with zero attached hydrogens (tertiary/aromatic N) is 4. The lowest BCUT2D eigenvalue weighted by atomic mass is 10.1. The van der Waals surface area contributed by atoms with Gasteiger partial charge in [0.25, 0.3) is 0 Å². The number of hydrogen-bond acceptors (Lipinski definition) is 4. The van der Waals surface area contributed by atoms with E-state index >= 15 is 0 Å². The van der Waals surface area contributed by atoms with E-state index in [0.29, 0.717) is 10.7 Å². The monoisotopic (exact) mass is 386 g/mol. The lowest BCUT2D eigenvalue weighted by Gasteiger charge is -2.26. The van der Waals surface area contributed by atoms with Crippen LogP contribution in [0.1, 0.15) is 25.0 Å². The van der Waals surface area contributed by atoms with Crippen LogP contribution in [0.2, 0.25) is 5.02 Å². The molecule has 0 saturated carbocycles. The first-order valence-corrected chi connectivity index (χ1v) is 9.16. The van der Waals surface area contributed by atoms with Gasteiger partial charge in [-0.25, -0.2) is 9.50 Å². The highest BCUT2D eigenvalue weighted by atomic mass is 35.5. The van der Waals surface area contributed by atoms with Crippen LogP contribution in [0.15, 0.2) is 23.6 Å². The van der Waals surface area contributed by atoms with Gasteiger partial charge in [0.05, 0.1) is 10.6 Å². The molecule has 0 spiro atoms. The Morgan fingerprint density at radius 3 is 2.56 bits per heavy atom. The van der Waals surface area contributed by atoms with Crippen LogP contribution in [0.5, 0.6) is 0 Å². The van der Waals surface area contributed by atoms with Crippen molar-refractivity contribution in [3.8, 4) is 10.6 Å². The van der Waals surface area contributed by atoms with Crippen LogP contribution in [0.4, 0.5) is 19.0 Å². The molecule has 1 saturated heterocycles. The second-order valence-corrected chi connectivity index (χ2v) is 7.25. The van der Waals surface area contributed by atoms with Crippen LogP contribution in [0.3, 0.4) is 0 Å². The molecule has 0 aliphatic carbocycles. The van der Waals surface area contributed by atoms with E-state index in [1.807, 2.05) is 4.90 Å². The van der Waals surface area contributed by atoms with Crippen LogP contribution in [0.25, 0.3) is 16.2 Å². The van der Waals surface area contributed by atoms with E-state index in [-0.39, 0.29) is 16.4 Å². The third-order valence-corrected chi connectivity index (χ3v) is 5.47. The van der Waals surface area contributed by atoms with Crippen molar-refractivity contribution in [1.29, 1.82) is 0 Å². The Morgan fingerprint density at radius 2 is 1.92 bits per heavy atom. The zero-order chi connectivity index (χ0) is 17.6. The van der Waals surface area contributed by atoms with Gasteiger partial charge in [-0.15, -0.1) is 16.4 Å². The van der Waals surface area contributed by atoms with E-state index in [0.717, 1.165) is 42.9 Å². The van der Waals surface area contributed by atoms with E-state index in [1.165, 1.54) is 11.3 Å². The number of anilines is 1. The molecular weight excluding hydrogens is 373 g/mol. The molecule has 3 aromatic rings. The second-order valence-electron chi connectivity index (χ2n) is 5.92. The van der Waals surface area contributed by atoms with Crippen molar-refractivity contribution >= 4 is 34.4 Å². The minimum absolute atomic E-state index is 0.0421. The fraction of sp³-hybridized carbons (Fsp3) is 0.375. The fourth-order valence-corrected chi connectivity index (χ4v) is 4.01. The number of fused-ring (bicyclic) bond motifs is 1. The Kier molecular flexibility index (Phi) is 4.11. The molecule has 4 heterocycles. The number of hydrogen-bond donors (Lipinski definition) is 0. The highest BCUT2D eigenvalue weighted by Gasteiger charge is 2.36. The second kappa shape index (κ2) is 6.17. The molecule has 1 aliphatic rings. The molecule has 0 unspecified atom stereocenters. The van der Waals surface area contributed by atoms with Crippen molar-refractivity contribution in [2.45, 2.75) is 25.4 Å². The molecular formula is C16H14ClF3N4S. The maximum absolute atomic E-state index is 13.6. The van der Waals surface area contributed by atoms with Gasteiger partial charge >= 0.3 is 6.18 Å². The maximum Gasteiger partial charge on any atom is 0.433 e. The predicted molar refractivity (Wildman–Crippen MR) is 92.4 cm³/mol. The van der Waals surface area contributed by atoms with Gasteiger partial charge in [0, 0.05) is 13.1 Å². The number of aromatic nitrogens is 3. The molecule has 0 radical (unpaired) electrons. The summed E-state index contributed by atoms with van der Waals surface area (Å²) >= 11 is 7.73. The van der Waals surface area contributed by atoms with Gasteiger partial charge in [0.2, 0.25) is 0 Å². The molecule has 3 aromatic heterocycles. The number of piperidine rings is 1. The third kappa shape index (κ3) is 2.97. The largest absolute Gasteiger partial charge is 0.433 e. The lowest BCUT2D eigenvalue weighted by molar-refractivity contribution is -0.142. The van der Waals surface area contributed by atoms with E-state index in [2.05, 4.69) is 10.1 Å². The van der Waals surface area contributed by atoms with Crippen LogP contribution < -0.4 is 4.90 Å². The first-order valence-electron chi connectivity index (χ1n) is 7.90. The third-order valence-electron chi connectivity index (χ3n) is 4.24. The molecule has 9 heteroatoms. The molecule has 0 aromatic carbocycles. The van der Waals surface area contributed by atoms with Gasteiger partial charge in [-0.3, -0.25) is 0 Å². The molecule has 4 rings (SSSR count). The summed E-state index contributed by atoms with van der Waals surface area (Å²) in [5.41, 5.74) is -0.576. The van der Waals surface area contributed by atoms with Crippen molar-refractivity contribution in [3.63, 3.8) is 0 Å². The normalized spacial score (nSPS) is 15.9. The summed E-state index contributed by atoms with van der Waals surface area (Å²) in [5, 5.41) is 6.13. The van der Waals surface area contributed by atoms with Gasteiger partial charge in [-0.1, -0.05) is 17.7 Å². The van der Waals surface area contributed by atoms with Gasteiger partial charge in [0.15, 0.2) is 17.2 Å². The van der Waals surface area contributed by atoms with Gasteiger partial charge in [-0.05, 0) is 36.8 Å². The Labute approximate surface area is 150 Å². The first kappa shape index (κ1) is 16.7. The van der Waals surface area contributed by atoms with Gasteiger partial charge in [-0.2, -0.15) is 13.2 Å². The smallest absolute Gasteiger partial charge is 0.354 e. The van der Waals surface area contributed by atoms with Crippen LogP contribution >= 0.6 is 22.9 Å². The minimum Gasteiger partial charge on any atom is -0.354 e. The highest BCUT2D eigenvalue weighted by molar-refractivity contribution is 7.13. The van der Waals surface area contributed by atoms with E-state index in [9.17, 15) is 13.2 Å². The molecule has 1 fully saturated rings. The average Bonchev–Trinajstić information content (AvgIpc) is 3.23. The number of thiophene rings is 1. The van der Waals surface area contributed by atoms with Crippen LogP contribution in [-0.2, 0) is 6.18 Å². The van der Waals surface area contributed by atoms with Crippen molar-refractivity contribution < 1.29 is 13.2 Å². The quantitative estimate of drug-likeness (QED) is 0.613. The Bertz CT molecular complexity index is 898. The zero-order valence-corrected chi connectivity index (χ0v) is 14.6. The summed E-state index contributed by atoms with van der Waals surface area (Å²) in [4.78, 5) is 6.95. The SMILES string of the molecule is FC(F)(F)c1cc(-c2cccs2)nc2c(Cl)c(N3CCCCC3)nn12. The maximum atomic E-state index is 13.6. The van der Waals surface area contributed by atoms with Crippen molar-refractivity contribution in [2.24, 2.45) is 0 Å².